The molecule has 0 aliphatic rings. The number of thiophene rings is 2. The molecule has 550 valence electrons. The summed E-state index contributed by atoms with van der Waals surface area (Å²) in [5.74, 6) is 2.10. The Morgan fingerprint density at radius 1 is 0.252 bits per heavy atom. The van der Waals surface area contributed by atoms with Crippen LogP contribution in [0.25, 0.3) is 261 Å². The first-order valence-corrected chi connectivity index (χ1v) is 41.8. The third-order valence-corrected chi connectivity index (χ3v) is 27.4. The lowest BCUT2D eigenvalue weighted by Crippen LogP contribution is -2.04. The van der Waals surface area contributed by atoms with E-state index in [2.05, 4.69) is 370 Å². The Hall–Kier alpha value is -15.5. The maximum absolute atomic E-state index is 7.38. The van der Waals surface area contributed by atoms with Crippen molar-refractivity contribution >= 4 is 216 Å². The zero-order valence-electron chi connectivity index (χ0n) is 63.3. The van der Waals surface area contributed by atoms with Gasteiger partial charge in [0.2, 0.25) is 11.9 Å². The van der Waals surface area contributed by atoms with Gasteiger partial charge in [-0.25, -0.2) is 24.9 Å². The second-order valence-corrected chi connectivity index (χ2v) is 33.3. The molecule has 0 aliphatic heterocycles. The molecule has 27 rings (SSSR count). The lowest BCUT2D eigenvalue weighted by atomic mass is 9.92. The second-order valence-electron chi connectivity index (χ2n) is 31.2. The zero-order valence-corrected chi connectivity index (χ0v) is 64.9. The molecule has 10 heterocycles. The topological polar surface area (TPSA) is 97.3 Å². The molecule has 0 aliphatic carbocycles. The van der Waals surface area contributed by atoms with Crippen molar-refractivity contribution in [2.24, 2.45) is 0 Å². The number of hydrogen-bond donors (Lipinski definition) is 0. The van der Waals surface area contributed by atoms with E-state index in [1.54, 1.807) is 0 Å². The summed E-state index contributed by atoms with van der Waals surface area (Å²) in [7, 11) is 0. The predicted molar refractivity (Wildman–Crippen MR) is 498 cm³/mol. The number of aromatic nitrogens is 9. The molecule has 0 atom stereocenters. The lowest BCUT2D eigenvalue weighted by Gasteiger charge is -2.15. The van der Waals surface area contributed by atoms with Crippen LogP contribution >= 0.6 is 22.7 Å². The summed E-state index contributed by atoms with van der Waals surface area (Å²) in [6, 6.07) is 128. The van der Waals surface area contributed by atoms with Gasteiger partial charge in [0.15, 0.2) is 5.82 Å². The Balaban J connectivity index is 0.709. The number of pyridine rings is 1. The second kappa shape index (κ2) is 24.5. The molecule has 0 unspecified atom stereocenters. The van der Waals surface area contributed by atoms with Crippen LogP contribution in [-0.4, -0.2) is 43.2 Å². The maximum Gasteiger partial charge on any atom is 0.235 e. The average molecular weight is 1550 g/mol. The highest BCUT2D eigenvalue weighted by atomic mass is 32.1. The molecule has 0 fully saturated rings. The van der Waals surface area contributed by atoms with E-state index in [4.69, 9.17) is 29.3 Å². The summed E-state index contributed by atoms with van der Waals surface area (Å²) >= 11 is 3.68. The number of fused-ring (bicyclic) bond motifs is 31. The molecule has 0 bridgehead atoms. The van der Waals surface area contributed by atoms with Crippen LogP contribution in [-0.2, 0) is 0 Å². The van der Waals surface area contributed by atoms with E-state index in [1.807, 2.05) is 28.9 Å². The standard InChI is InChI=1S/C107H59N9OS2/c1-3-25-60(26-4-1)98-71-31-7-15-40-81(71)109-106(111-98)115-86-45-20-12-34-74(86)94-96-76-35-13-21-47-89(76)117-102(96)93-66(37-23-39-78(93)101(94)115)63-50-53-75-88(58-63)116(107-110-82-41-16-8-32-72(82)99(112-107)61-27-5-2-6-28-61)100-69-52-49-62(57-80(69)103-97(95(75)100)77-36-14-22-48-90(77)118-103)65-38-24-46-87-92(65)73-33-11-19-44-85(73)113(87)64-51-54-91-79(59-64)70-55-56-108-105(104(70)119-91)114-83-42-17-9-29-67(83)68-30-10-18-43-84(68)114/h1-59H. The van der Waals surface area contributed by atoms with Gasteiger partial charge in [0.25, 0.3) is 0 Å². The SMILES string of the molecule is c1ccc(-c2nc(-n3c4ccccc4c4c5c6ccccc6oc5c5c(-c6ccc7c8c9c%10ccccc%10sc9c9cc(-c%10cccc%11c%10c%10ccccc%10n%11-c%10ccc%11sc%12c(-n%13c%14ccccc%14c%14ccccc%14%13)nccc%12c%11c%10)ccc9c8n(-c8nc(-c9ccccc9)c9ccccc9n8)c7c6)cccc5c43)nc3ccccc23)cc1. The Bertz CT molecular complexity index is 9100. The van der Waals surface area contributed by atoms with Crippen LogP contribution in [0.1, 0.15) is 0 Å². The Labute approximate surface area is 684 Å². The molecule has 0 radical (unpaired) electrons. The van der Waals surface area contributed by atoms with E-state index in [1.165, 1.54) is 57.2 Å². The highest BCUT2D eigenvalue weighted by Gasteiger charge is 2.31. The Morgan fingerprint density at radius 3 is 1.45 bits per heavy atom. The molecule has 10 nitrogen and oxygen atoms in total. The number of hydrogen-bond acceptors (Lipinski definition) is 8. The van der Waals surface area contributed by atoms with Crippen LogP contribution < -0.4 is 0 Å². The molecule has 10 aromatic heterocycles. The summed E-state index contributed by atoms with van der Waals surface area (Å²) in [6.07, 6.45) is 1.98. The smallest absolute Gasteiger partial charge is 0.235 e. The van der Waals surface area contributed by atoms with Crippen molar-refractivity contribution in [1.29, 1.82) is 0 Å². The van der Waals surface area contributed by atoms with Gasteiger partial charge in [-0.2, -0.15) is 0 Å². The first-order valence-electron chi connectivity index (χ1n) is 40.2. The minimum atomic E-state index is 0.574. The molecule has 0 spiro atoms. The van der Waals surface area contributed by atoms with Gasteiger partial charge < -0.3 is 8.98 Å². The molecule has 12 heteroatoms. The van der Waals surface area contributed by atoms with Gasteiger partial charge >= 0.3 is 0 Å². The summed E-state index contributed by atoms with van der Waals surface area (Å²) in [5.41, 5.74) is 21.0. The third-order valence-electron chi connectivity index (χ3n) is 25.0. The molecule has 119 heavy (non-hydrogen) atoms. The van der Waals surface area contributed by atoms with Crippen molar-refractivity contribution in [2.75, 3.05) is 0 Å². The van der Waals surface area contributed by atoms with Crippen molar-refractivity contribution in [3.8, 4) is 68.2 Å². The normalized spacial score (nSPS) is 12.4. The van der Waals surface area contributed by atoms with Gasteiger partial charge in [0, 0.05) is 145 Å². The minimum Gasteiger partial charge on any atom is -0.455 e. The van der Waals surface area contributed by atoms with Crippen LogP contribution in [0.15, 0.2) is 362 Å². The summed E-state index contributed by atoms with van der Waals surface area (Å²) in [4.78, 5) is 27.9. The van der Waals surface area contributed by atoms with Crippen molar-refractivity contribution in [2.45, 2.75) is 0 Å². The van der Waals surface area contributed by atoms with Gasteiger partial charge in [-0.3, -0.25) is 13.7 Å². The van der Waals surface area contributed by atoms with Gasteiger partial charge in [-0.1, -0.05) is 261 Å². The van der Waals surface area contributed by atoms with Gasteiger partial charge in [0.05, 0.1) is 71.3 Å². The van der Waals surface area contributed by atoms with E-state index in [0.717, 1.165) is 192 Å². The fourth-order valence-corrected chi connectivity index (χ4v) is 22.4. The third kappa shape index (κ3) is 9.10. The van der Waals surface area contributed by atoms with Gasteiger partial charge in [-0.15, -0.1) is 22.7 Å². The predicted octanol–water partition coefficient (Wildman–Crippen LogP) is 29.0. The van der Waals surface area contributed by atoms with E-state index in [0.29, 0.717) is 11.9 Å². The number of rotatable bonds is 8. The Morgan fingerprint density at radius 2 is 0.748 bits per heavy atom. The van der Waals surface area contributed by atoms with Crippen LogP contribution in [0.4, 0.5) is 0 Å². The molecule has 0 saturated heterocycles. The number of benzene rings is 17. The minimum absolute atomic E-state index is 0.574. The quantitative estimate of drug-likeness (QED) is 0.150. The van der Waals surface area contributed by atoms with Crippen molar-refractivity contribution in [1.82, 2.24) is 43.2 Å². The first-order chi connectivity index (χ1) is 59.1. The van der Waals surface area contributed by atoms with E-state index in [9.17, 15) is 0 Å². The van der Waals surface area contributed by atoms with Gasteiger partial charge in [-0.05, 0) is 113 Å². The van der Waals surface area contributed by atoms with E-state index < -0.39 is 0 Å². The maximum atomic E-state index is 7.38. The monoisotopic (exact) mass is 1550 g/mol. The highest BCUT2D eigenvalue weighted by molar-refractivity contribution is 7.27. The molecular formula is C107H59N9OS2. The summed E-state index contributed by atoms with van der Waals surface area (Å²) < 4.78 is 21.7. The van der Waals surface area contributed by atoms with E-state index >= 15 is 0 Å². The molecular weight excluding hydrogens is 1490 g/mol. The molecule has 0 amide bonds. The zero-order chi connectivity index (χ0) is 77.4. The van der Waals surface area contributed by atoms with Crippen LogP contribution in [0, 0.1) is 0 Å². The van der Waals surface area contributed by atoms with Crippen LogP contribution in [0.5, 0.6) is 0 Å². The fraction of sp³-hybridized carbons (Fsp3) is 0. The molecule has 0 N–H and O–H groups in total. The van der Waals surface area contributed by atoms with Crippen LogP contribution in [0.3, 0.4) is 0 Å². The lowest BCUT2D eigenvalue weighted by molar-refractivity contribution is 0.673. The number of nitrogens with zero attached hydrogens (tertiary/aromatic N) is 9. The summed E-state index contributed by atoms with van der Waals surface area (Å²) in [5, 5.41) is 22.3. The summed E-state index contributed by atoms with van der Waals surface area (Å²) in [6.45, 7) is 0. The Kier molecular flexibility index (Phi) is 13.4. The molecule has 0 saturated carbocycles. The fourth-order valence-electron chi connectivity index (χ4n) is 20.0. The first kappa shape index (κ1) is 64.9. The number of para-hydroxylation sites is 7. The molecule has 27 aromatic rings. The van der Waals surface area contributed by atoms with Crippen LogP contribution in [0.2, 0.25) is 0 Å². The van der Waals surface area contributed by atoms with E-state index in [-0.39, 0.29) is 0 Å². The number of furan rings is 1. The molecule has 17 aromatic carbocycles. The van der Waals surface area contributed by atoms with Gasteiger partial charge in [0.1, 0.15) is 11.2 Å². The highest BCUT2D eigenvalue weighted by Crippen LogP contribution is 2.54. The van der Waals surface area contributed by atoms with Crippen molar-refractivity contribution < 1.29 is 4.42 Å². The van der Waals surface area contributed by atoms with Crippen molar-refractivity contribution in [3.63, 3.8) is 0 Å². The van der Waals surface area contributed by atoms with Crippen molar-refractivity contribution in [3.05, 3.63) is 358 Å². The largest absolute Gasteiger partial charge is 0.455 e. The average Bonchev–Trinajstić information content (AvgIpc) is 1.53.